The molecule has 3 aromatic carbocycles. The van der Waals surface area contributed by atoms with Crippen molar-refractivity contribution in [2.24, 2.45) is 4.99 Å². The van der Waals surface area contributed by atoms with Crippen molar-refractivity contribution in [2.75, 3.05) is 7.05 Å². The Morgan fingerprint density at radius 1 is 0.750 bits per heavy atom. The number of rotatable bonds is 3. The molecule has 1 amide bonds. The average molecular weight is 370 g/mol. The molecule has 3 aromatic rings. The van der Waals surface area contributed by atoms with Crippen LogP contribution in [0.15, 0.2) is 96.0 Å². The lowest BCUT2D eigenvalue weighted by atomic mass is 9.85. The van der Waals surface area contributed by atoms with Crippen LogP contribution in [0.2, 0.25) is 0 Å². The second-order valence-electron chi connectivity index (χ2n) is 6.88. The van der Waals surface area contributed by atoms with Gasteiger partial charge in [0.05, 0.1) is 0 Å². The fourth-order valence-corrected chi connectivity index (χ4v) is 3.88. The summed E-state index contributed by atoms with van der Waals surface area (Å²) < 4.78 is 0. The molecule has 0 aromatic heterocycles. The molecule has 0 saturated carbocycles. The molecule has 28 heavy (non-hydrogen) atoms. The molecule has 138 valence electrons. The van der Waals surface area contributed by atoms with Crippen LogP contribution < -0.4 is 0 Å². The van der Waals surface area contributed by atoms with Crippen LogP contribution >= 0.6 is 0 Å². The summed E-state index contributed by atoms with van der Waals surface area (Å²) in [6.07, 6.45) is 0. The lowest BCUT2D eigenvalue weighted by Crippen LogP contribution is -2.69. The Hall–Kier alpha value is -3.28. The number of benzene rings is 3. The highest BCUT2D eigenvalue weighted by atomic mass is 17.2. The van der Waals surface area contributed by atoms with E-state index in [9.17, 15) is 4.79 Å². The number of hydrogen-bond acceptors (Lipinski definition) is 4. The maximum Gasteiger partial charge on any atom is 0.297 e. The van der Waals surface area contributed by atoms with Gasteiger partial charge in [-0.3, -0.25) is 4.79 Å². The first-order valence-corrected chi connectivity index (χ1v) is 9.10. The van der Waals surface area contributed by atoms with E-state index in [2.05, 4.69) is 0 Å². The fraction of sp³-hybridized carbons (Fsp3) is 0.130. The molecule has 0 radical (unpaired) electrons. The van der Waals surface area contributed by atoms with Gasteiger partial charge in [-0.15, -0.1) is 0 Å². The molecule has 6 rings (SSSR count). The Morgan fingerprint density at radius 3 is 1.89 bits per heavy atom. The Labute approximate surface area is 162 Å². The van der Waals surface area contributed by atoms with E-state index in [-0.39, 0.29) is 5.91 Å². The summed E-state index contributed by atoms with van der Waals surface area (Å²) in [5.41, 5.74) is 0.0933. The van der Waals surface area contributed by atoms with E-state index in [0.717, 1.165) is 11.1 Å². The smallest absolute Gasteiger partial charge is 0.297 e. The van der Waals surface area contributed by atoms with E-state index >= 15 is 0 Å². The van der Waals surface area contributed by atoms with Crippen LogP contribution in [0, 0.1) is 0 Å². The predicted octanol–water partition coefficient (Wildman–Crippen LogP) is 3.62. The van der Waals surface area contributed by atoms with Gasteiger partial charge in [0.2, 0.25) is 5.72 Å². The molecule has 5 nitrogen and oxygen atoms in total. The Kier molecular flexibility index (Phi) is 3.69. The van der Waals surface area contributed by atoms with Crippen LogP contribution in [0.25, 0.3) is 0 Å². The van der Waals surface area contributed by atoms with Gasteiger partial charge in [0.1, 0.15) is 5.71 Å². The Balaban J connectivity index is 1.82. The molecule has 0 unspecified atom stereocenters. The van der Waals surface area contributed by atoms with Crippen molar-refractivity contribution in [3.05, 3.63) is 108 Å². The third kappa shape index (κ3) is 2.14. The summed E-state index contributed by atoms with van der Waals surface area (Å²) in [6.45, 7) is 0. The van der Waals surface area contributed by atoms with Crippen LogP contribution in [-0.2, 0) is 26.0 Å². The number of carbonyl (C=O) groups excluding carboxylic acids is 1. The zero-order chi connectivity index (χ0) is 19.2. The van der Waals surface area contributed by atoms with Gasteiger partial charge in [0.25, 0.3) is 11.6 Å². The molecule has 3 aliphatic rings. The summed E-state index contributed by atoms with van der Waals surface area (Å²) in [5, 5.41) is 0. The maximum atomic E-state index is 13.5. The van der Waals surface area contributed by atoms with Crippen molar-refractivity contribution in [3.63, 3.8) is 0 Å². The molecule has 1 saturated heterocycles. The van der Waals surface area contributed by atoms with E-state index < -0.39 is 11.4 Å². The minimum atomic E-state index is -1.56. The molecule has 0 aliphatic carbocycles. The third-order valence-electron chi connectivity index (χ3n) is 5.32. The number of carbonyl (C=O) groups is 1. The van der Waals surface area contributed by atoms with E-state index in [1.165, 1.54) is 0 Å². The van der Waals surface area contributed by atoms with Crippen molar-refractivity contribution < 1.29 is 14.6 Å². The molecule has 3 heterocycles. The molecular formula is C23H18N2O3. The van der Waals surface area contributed by atoms with Gasteiger partial charge in [-0.1, -0.05) is 91.0 Å². The molecule has 2 bridgehead atoms. The summed E-state index contributed by atoms with van der Waals surface area (Å²) in [7, 11) is 1.73. The number of likely N-dealkylation sites (N-methyl/N-ethyl adjacent to an activating group) is 1. The topological polar surface area (TPSA) is 51.1 Å². The van der Waals surface area contributed by atoms with Crippen LogP contribution in [-0.4, -0.2) is 23.6 Å². The molecule has 0 N–H and O–H groups in total. The van der Waals surface area contributed by atoms with Gasteiger partial charge >= 0.3 is 0 Å². The monoisotopic (exact) mass is 370 g/mol. The van der Waals surface area contributed by atoms with Crippen LogP contribution in [0.4, 0.5) is 0 Å². The van der Waals surface area contributed by atoms with E-state index in [4.69, 9.17) is 14.8 Å². The lowest BCUT2D eigenvalue weighted by Gasteiger charge is -2.53. The SMILES string of the molecule is CN1C(=O)[C@@]2(c3ccccc3)N=C(c3ccccc3)[C@]1(c1ccccc1)OO2. The van der Waals surface area contributed by atoms with Gasteiger partial charge in [0, 0.05) is 23.7 Å². The first-order valence-electron chi connectivity index (χ1n) is 9.10. The minimum Gasteiger partial charge on any atom is -0.301 e. The van der Waals surface area contributed by atoms with E-state index in [0.29, 0.717) is 11.3 Å². The number of aliphatic imine (C=N–C) groups is 1. The molecule has 2 atom stereocenters. The zero-order valence-corrected chi connectivity index (χ0v) is 15.3. The van der Waals surface area contributed by atoms with Gasteiger partial charge in [-0.25, -0.2) is 4.99 Å². The standard InChI is InChI=1S/C23H18N2O3/c1-25-21(26)22(18-13-7-3-8-14-18)24-20(17-11-5-2-6-12-17)23(25,28-27-22)19-15-9-4-10-16-19/h2-16H,1H3/t22-,23-/m0/s1. The van der Waals surface area contributed by atoms with Gasteiger partial charge in [0.15, 0.2) is 0 Å². The van der Waals surface area contributed by atoms with Crippen molar-refractivity contribution >= 4 is 11.6 Å². The first kappa shape index (κ1) is 16.9. The highest BCUT2D eigenvalue weighted by Crippen LogP contribution is 2.49. The van der Waals surface area contributed by atoms with Crippen LogP contribution in [0.3, 0.4) is 0 Å². The van der Waals surface area contributed by atoms with Crippen molar-refractivity contribution in [2.45, 2.75) is 11.4 Å². The molecule has 3 aliphatic heterocycles. The normalized spacial score (nSPS) is 26.2. The molecule has 0 spiro atoms. The van der Waals surface area contributed by atoms with Crippen molar-refractivity contribution in [1.29, 1.82) is 0 Å². The second-order valence-corrected chi connectivity index (χ2v) is 6.88. The summed E-state index contributed by atoms with van der Waals surface area (Å²) in [6, 6.07) is 28.5. The number of nitrogens with zero attached hydrogens (tertiary/aromatic N) is 2. The van der Waals surface area contributed by atoms with Crippen LogP contribution in [0.5, 0.6) is 0 Å². The second kappa shape index (κ2) is 6.12. The summed E-state index contributed by atoms with van der Waals surface area (Å²) >= 11 is 0. The summed E-state index contributed by atoms with van der Waals surface area (Å²) in [5.74, 6) is -0.270. The fourth-order valence-electron chi connectivity index (χ4n) is 3.88. The van der Waals surface area contributed by atoms with Crippen LogP contribution in [0.1, 0.15) is 16.7 Å². The molecular weight excluding hydrogens is 352 g/mol. The molecule has 5 heteroatoms. The van der Waals surface area contributed by atoms with Crippen molar-refractivity contribution in [3.8, 4) is 0 Å². The van der Waals surface area contributed by atoms with E-state index in [1.807, 2.05) is 91.0 Å². The Bertz CT molecular complexity index is 1050. The largest absolute Gasteiger partial charge is 0.301 e. The third-order valence-corrected chi connectivity index (χ3v) is 5.32. The quantitative estimate of drug-likeness (QED) is 0.662. The summed E-state index contributed by atoms with van der Waals surface area (Å²) in [4.78, 5) is 31.7. The number of fused-ring (bicyclic) bond motifs is 2. The van der Waals surface area contributed by atoms with E-state index in [1.54, 1.807) is 11.9 Å². The highest BCUT2D eigenvalue weighted by Gasteiger charge is 2.65. The maximum absolute atomic E-state index is 13.5. The molecule has 1 fully saturated rings. The lowest BCUT2D eigenvalue weighted by molar-refractivity contribution is -0.449. The van der Waals surface area contributed by atoms with Gasteiger partial charge in [-0.05, 0) is 0 Å². The number of hydrogen-bond donors (Lipinski definition) is 0. The zero-order valence-electron chi connectivity index (χ0n) is 15.3. The predicted molar refractivity (Wildman–Crippen MR) is 104 cm³/mol. The van der Waals surface area contributed by atoms with Crippen molar-refractivity contribution in [1.82, 2.24) is 4.90 Å². The Morgan fingerprint density at radius 2 is 1.29 bits per heavy atom. The van der Waals surface area contributed by atoms with Gasteiger partial charge in [-0.2, -0.15) is 9.78 Å². The highest BCUT2D eigenvalue weighted by molar-refractivity contribution is 6.12. The minimum absolute atomic E-state index is 0.270. The number of amides is 1. The first-order chi connectivity index (χ1) is 13.7. The average Bonchev–Trinajstić information content (AvgIpc) is 2.79. The van der Waals surface area contributed by atoms with Gasteiger partial charge < -0.3 is 4.90 Å².